The minimum atomic E-state index is -0.872. The van der Waals surface area contributed by atoms with Gasteiger partial charge in [-0.15, -0.1) is 0 Å². The molecule has 1 N–H and O–H groups in total. The summed E-state index contributed by atoms with van der Waals surface area (Å²) < 4.78 is 12.0. The standard InChI is InChI=1S/C30H28N2O5S/c1-5-13-37-21-11-9-19(10-12-21)26-24(27(33)20-7-6-8-22(16-20)36-4)28(34)29(35)32(26)30-31-25-18(3)14-17(2)15-23(25)38-30/h6-12,14-16,26,33H,5,13H2,1-4H3/b27-24+. The van der Waals surface area contributed by atoms with Crippen LogP contribution in [0.4, 0.5) is 5.13 Å². The third-order valence-electron chi connectivity index (χ3n) is 6.48. The molecule has 0 bridgehead atoms. The molecule has 3 aromatic carbocycles. The van der Waals surface area contributed by atoms with Gasteiger partial charge in [0, 0.05) is 5.56 Å². The van der Waals surface area contributed by atoms with Gasteiger partial charge in [0.05, 0.1) is 35.5 Å². The fourth-order valence-electron chi connectivity index (χ4n) is 4.70. The number of aromatic nitrogens is 1. The molecule has 38 heavy (non-hydrogen) atoms. The summed E-state index contributed by atoms with van der Waals surface area (Å²) in [6.45, 7) is 6.59. The second-order valence-electron chi connectivity index (χ2n) is 9.24. The first-order valence-corrected chi connectivity index (χ1v) is 13.2. The van der Waals surface area contributed by atoms with Gasteiger partial charge in [0.25, 0.3) is 5.78 Å². The van der Waals surface area contributed by atoms with Crippen molar-refractivity contribution in [1.82, 2.24) is 4.98 Å². The number of thiazole rings is 1. The Labute approximate surface area is 225 Å². The molecule has 8 heteroatoms. The highest BCUT2D eigenvalue weighted by Gasteiger charge is 2.48. The van der Waals surface area contributed by atoms with Crippen LogP contribution in [-0.4, -0.2) is 35.5 Å². The molecule has 0 radical (unpaired) electrons. The highest BCUT2D eigenvalue weighted by molar-refractivity contribution is 7.22. The predicted octanol–water partition coefficient (Wildman–Crippen LogP) is 6.34. The lowest BCUT2D eigenvalue weighted by molar-refractivity contribution is -0.132. The molecule has 4 aromatic rings. The molecule has 1 unspecified atom stereocenters. The van der Waals surface area contributed by atoms with E-state index in [1.807, 2.05) is 57.2 Å². The Morgan fingerprint density at radius 2 is 1.82 bits per heavy atom. The molecule has 1 aliphatic rings. The van der Waals surface area contributed by atoms with Crippen molar-refractivity contribution in [2.45, 2.75) is 33.2 Å². The smallest absolute Gasteiger partial charge is 0.301 e. The minimum Gasteiger partial charge on any atom is -0.507 e. The number of rotatable bonds is 7. The second kappa shape index (κ2) is 10.3. The molecule has 7 nitrogen and oxygen atoms in total. The topological polar surface area (TPSA) is 89.0 Å². The van der Waals surface area contributed by atoms with E-state index in [4.69, 9.17) is 14.5 Å². The molecular weight excluding hydrogens is 500 g/mol. The quantitative estimate of drug-likeness (QED) is 0.171. The number of hydrogen-bond acceptors (Lipinski definition) is 7. The molecule has 2 heterocycles. The zero-order chi connectivity index (χ0) is 27.0. The lowest BCUT2D eigenvalue weighted by Crippen LogP contribution is -2.29. The normalized spacial score (nSPS) is 16.8. The number of Topliss-reactive ketones (excluding diaryl/α,β-unsaturated/α-hetero) is 1. The van der Waals surface area contributed by atoms with Crippen LogP contribution in [0, 0.1) is 13.8 Å². The van der Waals surface area contributed by atoms with Crippen LogP contribution in [0.3, 0.4) is 0 Å². The van der Waals surface area contributed by atoms with E-state index in [9.17, 15) is 14.7 Å². The molecule has 1 fully saturated rings. The van der Waals surface area contributed by atoms with Crippen molar-refractivity contribution in [1.29, 1.82) is 0 Å². The summed E-state index contributed by atoms with van der Waals surface area (Å²) in [5, 5.41) is 11.8. The number of methoxy groups -OCH3 is 1. The van der Waals surface area contributed by atoms with Crippen molar-refractivity contribution in [2.24, 2.45) is 0 Å². The zero-order valence-electron chi connectivity index (χ0n) is 21.6. The van der Waals surface area contributed by atoms with Crippen LogP contribution in [0.25, 0.3) is 16.0 Å². The SMILES string of the molecule is CCCOc1ccc(C2/C(=C(\O)c3cccc(OC)c3)C(=O)C(=O)N2c2nc3c(C)cc(C)cc3s2)cc1. The van der Waals surface area contributed by atoms with Gasteiger partial charge >= 0.3 is 5.91 Å². The summed E-state index contributed by atoms with van der Waals surface area (Å²) in [5.74, 6) is -0.567. The molecule has 0 spiro atoms. The number of fused-ring (bicyclic) bond motifs is 1. The van der Waals surface area contributed by atoms with Crippen molar-refractivity contribution in [3.05, 3.63) is 88.5 Å². The molecule has 0 saturated carbocycles. The fourth-order valence-corrected chi connectivity index (χ4v) is 5.87. The van der Waals surface area contributed by atoms with Crippen LogP contribution >= 0.6 is 11.3 Å². The molecule has 0 aliphatic carbocycles. The van der Waals surface area contributed by atoms with Crippen molar-refractivity contribution in [3.8, 4) is 11.5 Å². The van der Waals surface area contributed by atoms with Gasteiger partial charge in [0.2, 0.25) is 0 Å². The molecule has 1 amide bonds. The van der Waals surface area contributed by atoms with Crippen molar-refractivity contribution in [3.63, 3.8) is 0 Å². The molecular formula is C30H28N2O5S. The highest BCUT2D eigenvalue weighted by Crippen LogP contribution is 2.45. The van der Waals surface area contributed by atoms with Gasteiger partial charge in [-0.1, -0.05) is 48.6 Å². The van der Waals surface area contributed by atoms with Crippen molar-refractivity contribution < 1.29 is 24.2 Å². The Bertz CT molecular complexity index is 1570. The summed E-state index contributed by atoms with van der Waals surface area (Å²) >= 11 is 1.35. The summed E-state index contributed by atoms with van der Waals surface area (Å²) in [7, 11) is 1.52. The van der Waals surface area contributed by atoms with E-state index in [0.717, 1.165) is 27.8 Å². The number of aliphatic hydroxyl groups is 1. The number of aliphatic hydroxyl groups excluding tert-OH is 1. The zero-order valence-corrected chi connectivity index (χ0v) is 22.5. The van der Waals surface area contributed by atoms with Crippen molar-refractivity contribution >= 4 is 44.1 Å². The fraction of sp³-hybridized carbons (Fsp3) is 0.233. The number of carbonyl (C=O) groups excluding carboxylic acids is 2. The first kappa shape index (κ1) is 25.5. The predicted molar refractivity (Wildman–Crippen MR) is 149 cm³/mol. The van der Waals surface area contributed by atoms with E-state index < -0.39 is 17.7 Å². The van der Waals surface area contributed by atoms with Gasteiger partial charge in [-0.2, -0.15) is 0 Å². The summed E-state index contributed by atoms with van der Waals surface area (Å²) in [6, 6.07) is 17.2. The first-order chi connectivity index (χ1) is 18.3. The molecule has 1 saturated heterocycles. The lowest BCUT2D eigenvalue weighted by Gasteiger charge is -2.23. The number of aryl methyl sites for hydroxylation is 2. The lowest BCUT2D eigenvalue weighted by atomic mass is 9.95. The number of ether oxygens (including phenoxy) is 2. The van der Waals surface area contributed by atoms with Gasteiger partial charge in [0.15, 0.2) is 5.13 Å². The summed E-state index contributed by atoms with van der Waals surface area (Å²) in [6.07, 6.45) is 0.874. The molecule has 5 rings (SSSR count). The van der Waals surface area contributed by atoms with Gasteiger partial charge in [-0.05, 0) is 67.3 Å². The van der Waals surface area contributed by atoms with Crippen LogP contribution in [0.5, 0.6) is 11.5 Å². The van der Waals surface area contributed by atoms with Crippen molar-refractivity contribution in [2.75, 3.05) is 18.6 Å². The van der Waals surface area contributed by atoms with E-state index in [-0.39, 0.29) is 11.3 Å². The second-order valence-corrected chi connectivity index (χ2v) is 10.3. The van der Waals surface area contributed by atoms with Crippen LogP contribution < -0.4 is 14.4 Å². The van der Waals surface area contributed by atoms with Crippen LogP contribution in [0.2, 0.25) is 0 Å². The Morgan fingerprint density at radius 1 is 1.05 bits per heavy atom. The number of anilines is 1. The largest absolute Gasteiger partial charge is 0.507 e. The molecule has 194 valence electrons. The third-order valence-corrected chi connectivity index (χ3v) is 7.48. The number of ketones is 1. The highest BCUT2D eigenvalue weighted by atomic mass is 32.1. The summed E-state index contributed by atoms with van der Waals surface area (Å²) in [4.78, 5) is 33.2. The van der Waals surface area contributed by atoms with E-state index in [1.165, 1.54) is 23.3 Å². The Balaban J connectivity index is 1.69. The van der Waals surface area contributed by atoms with E-state index in [1.54, 1.807) is 24.3 Å². The van der Waals surface area contributed by atoms with E-state index in [2.05, 4.69) is 0 Å². The number of amides is 1. The maximum Gasteiger partial charge on any atom is 0.301 e. The van der Waals surface area contributed by atoms with Gasteiger partial charge in [-0.25, -0.2) is 4.98 Å². The van der Waals surface area contributed by atoms with Gasteiger partial charge in [0.1, 0.15) is 17.3 Å². The van der Waals surface area contributed by atoms with Crippen LogP contribution in [-0.2, 0) is 9.59 Å². The Morgan fingerprint density at radius 3 is 2.53 bits per heavy atom. The Kier molecular flexibility index (Phi) is 6.91. The number of carbonyl (C=O) groups is 2. The Hall–Kier alpha value is -4.17. The third kappa shape index (κ3) is 4.52. The number of nitrogens with zero attached hydrogens (tertiary/aromatic N) is 2. The maximum absolute atomic E-state index is 13.5. The van der Waals surface area contributed by atoms with Crippen LogP contribution in [0.1, 0.15) is 41.6 Å². The molecule has 1 aliphatic heterocycles. The molecule has 1 atom stereocenters. The van der Waals surface area contributed by atoms with Crippen LogP contribution in [0.15, 0.2) is 66.2 Å². The van der Waals surface area contributed by atoms with Gasteiger partial charge in [-0.3, -0.25) is 14.5 Å². The average molecular weight is 529 g/mol. The van der Waals surface area contributed by atoms with E-state index in [0.29, 0.717) is 34.4 Å². The monoisotopic (exact) mass is 528 g/mol. The van der Waals surface area contributed by atoms with Gasteiger partial charge < -0.3 is 14.6 Å². The first-order valence-electron chi connectivity index (χ1n) is 12.4. The number of benzene rings is 3. The number of hydrogen-bond donors (Lipinski definition) is 1. The summed E-state index contributed by atoms with van der Waals surface area (Å²) in [5.41, 5.74) is 3.90. The minimum absolute atomic E-state index is 0.00219. The average Bonchev–Trinajstić information content (AvgIpc) is 3.45. The molecule has 1 aromatic heterocycles. The maximum atomic E-state index is 13.5. The van der Waals surface area contributed by atoms with E-state index >= 15 is 0 Å².